The van der Waals surface area contributed by atoms with Gasteiger partial charge in [-0.2, -0.15) is 4.31 Å². The lowest BCUT2D eigenvalue weighted by Gasteiger charge is -2.17. The molecule has 7 nitrogen and oxygen atoms in total. The second-order valence-corrected chi connectivity index (χ2v) is 9.26. The monoisotopic (exact) mass is 422 g/mol. The number of nitrogens with zero attached hydrogens (tertiary/aromatic N) is 2. The average Bonchev–Trinajstić information content (AvgIpc) is 3.33. The van der Waals surface area contributed by atoms with Gasteiger partial charge in [0.1, 0.15) is 18.1 Å². The lowest BCUT2D eigenvalue weighted by Crippen LogP contribution is -2.31. The van der Waals surface area contributed by atoms with E-state index >= 15 is 0 Å². The van der Waals surface area contributed by atoms with Gasteiger partial charge >= 0.3 is 0 Å². The second kappa shape index (κ2) is 8.76. The smallest absolute Gasteiger partial charge is 0.244 e. The summed E-state index contributed by atoms with van der Waals surface area (Å²) in [5, 5.41) is 3.67. The van der Waals surface area contributed by atoms with Crippen molar-refractivity contribution in [3.63, 3.8) is 0 Å². The Morgan fingerprint density at radius 2 is 1.82 bits per heavy atom. The van der Waals surface area contributed by atoms with Crippen LogP contribution in [-0.4, -0.2) is 44.7 Å². The summed E-state index contributed by atoms with van der Waals surface area (Å²) < 4.78 is 43.3. The van der Waals surface area contributed by atoms with Crippen molar-refractivity contribution in [1.82, 2.24) is 9.46 Å². The Bertz CT molecular complexity index is 996. The molecule has 0 aliphatic heterocycles. The van der Waals surface area contributed by atoms with E-state index in [1.807, 2.05) is 19.1 Å². The maximum Gasteiger partial charge on any atom is 0.244 e. The van der Waals surface area contributed by atoms with Crippen LogP contribution >= 0.6 is 11.3 Å². The molecule has 3 aromatic rings. The fraction of sp³-hybridized carbons (Fsp3) is 0.316. The zero-order valence-electron chi connectivity index (χ0n) is 15.9. The van der Waals surface area contributed by atoms with Crippen LogP contribution in [0, 0.1) is 6.92 Å². The van der Waals surface area contributed by atoms with Gasteiger partial charge in [-0.15, -0.1) is 11.3 Å². The van der Waals surface area contributed by atoms with Gasteiger partial charge in [0.25, 0.3) is 0 Å². The van der Waals surface area contributed by atoms with E-state index in [1.165, 1.54) is 21.8 Å². The number of likely N-dealkylation sites (N-methyl/N-ethyl adjacent to an activating group) is 1. The number of aromatic nitrogens is 1. The van der Waals surface area contributed by atoms with E-state index in [2.05, 4.69) is 5.16 Å². The summed E-state index contributed by atoms with van der Waals surface area (Å²) >= 11 is 1.36. The van der Waals surface area contributed by atoms with Gasteiger partial charge in [0, 0.05) is 24.5 Å². The minimum absolute atomic E-state index is 0.225. The molecule has 0 aliphatic rings. The van der Waals surface area contributed by atoms with Gasteiger partial charge in [-0.05, 0) is 44.2 Å². The molecule has 0 atom stereocenters. The van der Waals surface area contributed by atoms with Crippen LogP contribution in [0.3, 0.4) is 0 Å². The Morgan fingerprint density at radius 3 is 2.43 bits per heavy atom. The van der Waals surface area contributed by atoms with Gasteiger partial charge in [-0.1, -0.05) is 5.16 Å². The Labute approximate surface area is 168 Å². The van der Waals surface area contributed by atoms with Crippen molar-refractivity contribution < 1.29 is 22.4 Å². The van der Waals surface area contributed by atoms with Crippen LogP contribution in [0.4, 0.5) is 0 Å². The number of rotatable bonds is 9. The third kappa shape index (κ3) is 4.54. The largest absolute Gasteiger partial charge is 0.494 e. The Morgan fingerprint density at radius 1 is 1.14 bits per heavy atom. The van der Waals surface area contributed by atoms with Crippen molar-refractivity contribution in [1.29, 1.82) is 0 Å². The van der Waals surface area contributed by atoms with Crippen molar-refractivity contribution in [2.24, 2.45) is 0 Å². The maximum atomic E-state index is 12.9. The number of ether oxygens (including phenoxy) is 2. The van der Waals surface area contributed by atoms with Crippen LogP contribution in [0.1, 0.15) is 11.8 Å². The molecule has 150 valence electrons. The van der Waals surface area contributed by atoms with Gasteiger partial charge < -0.3 is 14.0 Å². The molecule has 2 aromatic heterocycles. The molecule has 0 amide bonds. The first-order chi connectivity index (χ1) is 13.4. The number of hydrogen-bond donors (Lipinski definition) is 0. The number of aryl methyl sites for hydroxylation is 1. The van der Waals surface area contributed by atoms with Crippen molar-refractivity contribution in [2.75, 3.05) is 26.8 Å². The second-order valence-electron chi connectivity index (χ2n) is 5.99. The number of hydrogen-bond acceptors (Lipinski definition) is 7. The zero-order chi connectivity index (χ0) is 20.1. The molecule has 0 spiro atoms. The van der Waals surface area contributed by atoms with Gasteiger partial charge in [0.15, 0.2) is 5.76 Å². The van der Waals surface area contributed by atoms with Gasteiger partial charge in [-0.25, -0.2) is 8.42 Å². The molecule has 2 heterocycles. The molecule has 28 heavy (non-hydrogen) atoms. The molecule has 0 N–H and O–H groups in total. The lowest BCUT2D eigenvalue weighted by atomic mass is 10.3. The van der Waals surface area contributed by atoms with Crippen LogP contribution in [-0.2, 0) is 10.0 Å². The van der Waals surface area contributed by atoms with E-state index in [0.717, 1.165) is 10.6 Å². The summed E-state index contributed by atoms with van der Waals surface area (Å²) in [6.45, 7) is 4.76. The van der Waals surface area contributed by atoms with Gasteiger partial charge in [-0.3, -0.25) is 0 Å². The highest BCUT2D eigenvalue weighted by atomic mass is 32.2. The summed E-state index contributed by atoms with van der Waals surface area (Å²) in [5.74, 6) is 1.98. The lowest BCUT2D eigenvalue weighted by molar-refractivity contribution is 0.286. The topological polar surface area (TPSA) is 81.9 Å². The molecule has 0 saturated carbocycles. The van der Waals surface area contributed by atoms with E-state index in [4.69, 9.17) is 14.0 Å². The van der Waals surface area contributed by atoms with Gasteiger partial charge in [0.05, 0.1) is 22.6 Å². The van der Waals surface area contributed by atoms with E-state index in [1.54, 1.807) is 38.2 Å². The van der Waals surface area contributed by atoms with Crippen LogP contribution in [0.2, 0.25) is 0 Å². The zero-order valence-corrected chi connectivity index (χ0v) is 17.5. The summed E-state index contributed by atoms with van der Waals surface area (Å²) in [7, 11) is -2.08. The van der Waals surface area contributed by atoms with Crippen LogP contribution in [0.5, 0.6) is 11.5 Å². The van der Waals surface area contributed by atoms with E-state index < -0.39 is 10.0 Å². The molecular formula is C19H22N2O5S2. The minimum Gasteiger partial charge on any atom is -0.494 e. The molecular weight excluding hydrogens is 400 g/mol. The predicted octanol–water partition coefficient (Wildman–Crippen LogP) is 3.81. The Hall–Kier alpha value is -2.36. The Balaban J connectivity index is 1.62. The highest BCUT2D eigenvalue weighted by Crippen LogP contribution is 2.34. The molecule has 3 rings (SSSR count). The summed E-state index contributed by atoms with van der Waals surface area (Å²) in [6, 6.07) is 10.6. The first-order valence-corrected chi connectivity index (χ1v) is 11.0. The summed E-state index contributed by atoms with van der Waals surface area (Å²) in [6.07, 6.45) is 1.53. The highest BCUT2D eigenvalue weighted by Gasteiger charge is 2.25. The predicted molar refractivity (Wildman–Crippen MR) is 107 cm³/mol. The maximum absolute atomic E-state index is 12.9. The summed E-state index contributed by atoms with van der Waals surface area (Å²) in [4.78, 5) is 1.70. The standard InChI is InChI=1S/C19H22N2O5S2/c1-4-24-15-5-7-16(8-6-15)25-12-11-21(3)28(22,23)19-13-18(27-14(19)2)17-9-10-20-26-17/h5-10,13H,4,11-12H2,1-3H3. The van der Waals surface area contributed by atoms with Crippen LogP contribution < -0.4 is 9.47 Å². The number of sulfonamides is 1. The molecule has 0 unspecified atom stereocenters. The fourth-order valence-electron chi connectivity index (χ4n) is 2.56. The SMILES string of the molecule is CCOc1ccc(OCCN(C)S(=O)(=O)c2cc(-c3ccno3)sc2C)cc1. The third-order valence-corrected chi connectivity index (χ3v) is 7.23. The third-order valence-electron chi connectivity index (χ3n) is 4.05. The van der Waals surface area contributed by atoms with Gasteiger partial charge in [0.2, 0.25) is 10.0 Å². The molecule has 1 aromatic carbocycles. The van der Waals surface area contributed by atoms with Crippen molar-refractivity contribution >= 4 is 21.4 Å². The van der Waals surface area contributed by atoms with Crippen LogP contribution in [0.25, 0.3) is 10.6 Å². The normalized spacial score (nSPS) is 11.7. The van der Waals surface area contributed by atoms with E-state index in [-0.39, 0.29) is 18.0 Å². The van der Waals surface area contributed by atoms with Crippen molar-refractivity contribution in [3.8, 4) is 22.1 Å². The minimum atomic E-state index is -3.63. The quantitative estimate of drug-likeness (QED) is 0.522. The molecule has 0 fully saturated rings. The number of thiophene rings is 1. The molecule has 0 radical (unpaired) electrons. The molecule has 0 saturated heterocycles. The Kier molecular flexibility index (Phi) is 6.38. The molecule has 9 heteroatoms. The average molecular weight is 423 g/mol. The highest BCUT2D eigenvalue weighted by molar-refractivity contribution is 7.89. The van der Waals surface area contributed by atoms with Crippen LogP contribution in [0.15, 0.2) is 52.0 Å². The van der Waals surface area contributed by atoms with E-state index in [0.29, 0.717) is 23.0 Å². The summed E-state index contributed by atoms with van der Waals surface area (Å²) in [5.41, 5.74) is 0. The van der Waals surface area contributed by atoms with Crippen molar-refractivity contribution in [2.45, 2.75) is 18.7 Å². The first kappa shape index (κ1) is 20.4. The fourth-order valence-corrected chi connectivity index (χ4v) is 5.23. The number of benzene rings is 1. The first-order valence-electron chi connectivity index (χ1n) is 8.75. The molecule has 0 bridgehead atoms. The van der Waals surface area contributed by atoms with Crippen molar-refractivity contribution in [3.05, 3.63) is 47.5 Å². The van der Waals surface area contributed by atoms with E-state index in [9.17, 15) is 8.42 Å². The molecule has 0 aliphatic carbocycles.